The van der Waals surface area contributed by atoms with Gasteiger partial charge in [0.15, 0.2) is 0 Å². The fourth-order valence-corrected chi connectivity index (χ4v) is 2.85. The molecule has 0 aromatic heterocycles. The molecule has 2 aliphatic heterocycles. The van der Waals surface area contributed by atoms with E-state index in [1.165, 1.54) is 12.8 Å². The van der Waals surface area contributed by atoms with Crippen molar-refractivity contribution in [2.75, 3.05) is 32.1 Å². The summed E-state index contributed by atoms with van der Waals surface area (Å²) in [5.41, 5.74) is 0. The maximum Gasteiger partial charge on any atom is 0.324 e. The van der Waals surface area contributed by atoms with E-state index in [0.717, 1.165) is 32.6 Å². The lowest BCUT2D eigenvalue weighted by Gasteiger charge is -2.23. The Bertz CT molecular complexity index is 318. The Labute approximate surface area is 112 Å². The number of alkyl halides is 1. The lowest BCUT2D eigenvalue weighted by atomic mass is 10.2. The van der Waals surface area contributed by atoms with Gasteiger partial charge in [0.2, 0.25) is 5.91 Å². The number of nitrogens with one attached hydrogen (secondary N) is 1. The third kappa shape index (κ3) is 3.36. The molecule has 2 rings (SSSR count). The SMILES string of the molecule is O=C(CCCl)NC(=O)N1CCC(N2CCCC2)C1. The van der Waals surface area contributed by atoms with E-state index in [9.17, 15) is 9.59 Å². The summed E-state index contributed by atoms with van der Waals surface area (Å²) in [6.45, 7) is 3.76. The Morgan fingerprint density at radius 1 is 1.22 bits per heavy atom. The van der Waals surface area contributed by atoms with Gasteiger partial charge in [-0.3, -0.25) is 15.0 Å². The molecule has 102 valence electrons. The Morgan fingerprint density at radius 2 is 1.94 bits per heavy atom. The monoisotopic (exact) mass is 273 g/mol. The molecule has 2 saturated heterocycles. The van der Waals surface area contributed by atoms with Crippen LogP contribution in [0, 0.1) is 0 Å². The smallest absolute Gasteiger partial charge is 0.323 e. The van der Waals surface area contributed by atoms with E-state index >= 15 is 0 Å². The number of urea groups is 1. The molecule has 2 fully saturated rings. The van der Waals surface area contributed by atoms with Crippen molar-refractivity contribution in [1.82, 2.24) is 15.1 Å². The normalized spacial score (nSPS) is 24.5. The van der Waals surface area contributed by atoms with Crippen LogP contribution in [0.25, 0.3) is 0 Å². The lowest BCUT2D eigenvalue weighted by Crippen LogP contribution is -2.43. The Balaban J connectivity index is 1.77. The van der Waals surface area contributed by atoms with E-state index in [-0.39, 0.29) is 24.2 Å². The molecule has 2 aliphatic rings. The molecule has 5 nitrogen and oxygen atoms in total. The number of rotatable bonds is 3. The van der Waals surface area contributed by atoms with Crippen molar-refractivity contribution in [2.24, 2.45) is 0 Å². The van der Waals surface area contributed by atoms with E-state index < -0.39 is 0 Å². The van der Waals surface area contributed by atoms with Gasteiger partial charge in [-0.25, -0.2) is 4.79 Å². The molecule has 1 N–H and O–H groups in total. The summed E-state index contributed by atoms with van der Waals surface area (Å²) in [6, 6.07) is 0.202. The zero-order valence-corrected chi connectivity index (χ0v) is 11.3. The van der Waals surface area contributed by atoms with Crippen LogP contribution in [0.4, 0.5) is 4.79 Å². The van der Waals surface area contributed by atoms with Crippen molar-refractivity contribution >= 4 is 23.5 Å². The maximum absolute atomic E-state index is 11.8. The number of carbonyl (C=O) groups is 2. The summed E-state index contributed by atoms with van der Waals surface area (Å²) >= 11 is 5.46. The molecule has 0 aromatic rings. The molecule has 3 amide bonds. The molecule has 0 aliphatic carbocycles. The van der Waals surface area contributed by atoms with Gasteiger partial charge < -0.3 is 4.90 Å². The number of nitrogens with zero attached hydrogens (tertiary/aromatic N) is 2. The van der Waals surface area contributed by atoms with Crippen LogP contribution in [0.2, 0.25) is 0 Å². The molecule has 1 unspecified atom stereocenters. The summed E-state index contributed by atoms with van der Waals surface area (Å²) in [6.07, 6.45) is 3.72. The second kappa shape index (κ2) is 6.38. The van der Waals surface area contributed by atoms with E-state index in [2.05, 4.69) is 10.2 Å². The van der Waals surface area contributed by atoms with Gasteiger partial charge in [0.05, 0.1) is 0 Å². The average molecular weight is 274 g/mol. The summed E-state index contributed by atoms with van der Waals surface area (Å²) in [4.78, 5) is 27.3. The number of amides is 3. The number of likely N-dealkylation sites (tertiary alicyclic amines) is 2. The average Bonchev–Trinajstić information content (AvgIpc) is 3.00. The van der Waals surface area contributed by atoms with Gasteiger partial charge in [-0.15, -0.1) is 11.6 Å². The van der Waals surface area contributed by atoms with Gasteiger partial charge in [0.1, 0.15) is 0 Å². The minimum atomic E-state index is -0.292. The first-order valence-corrected chi connectivity index (χ1v) is 7.13. The second-order valence-electron chi connectivity index (χ2n) is 4.92. The number of hydrogen-bond donors (Lipinski definition) is 1. The third-order valence-corrected chi connectivity index (χ3v) is 3.86. The highest BCUT2D eigenvalue weighted by Gasteiger charge is 2.31. The van der Waals surface area contributed by atoms with Crippen molar-refractivity contribution < 1.29 is 9.59 Å². The molecule has 2 heterocycles. The standard InChI is InChI=1S/C12H20ClN3O2/c13-5-3-11(17)14-12(18)16-8-4-10(9-16)15-6-1-2-7-15/h10H,1-9H2,(H,14,17,18). The van der Waals surface area contributed by atoms with Crippen LogP contribution in [0.15, 0.2) is 0 Å². The minimum Gasteiger partial charge on any atom is -0.323 e. The Morgan fingerprint density at radius 3 is 2.61 bits per heavy atom. The molecule has 0 aromatic carbocycles. The highest BCUT2D eigenvalue weighted by Crippen LogP contribution is 2.20. The maximum atomic E-state index is 11.8. The highest BCUT2D eigenvalue weighted by molar-refractivity contribution is 6.19. The molecule has 6 heteroatoms. The fourth-order valence-electron chi connectivity index (χ4n) is 2.68. The molecule has 0 spiro atoms. The Kier molecular flexibility index (Phi) is 4.83. The number of carbonyl (C=O) groups excluding carboxylic acids is 2. The summed E-state index contributed by atoms with van der Waals surface area (Å²) in [5.74, 6) is -0.0465. The highest BCUT2D eigenvalue weighted by atomic mass is 35.5. The number of hydrogen-bond acceptors (Lipinski definition) is 3. The molecular weight excluding hydrogens is 254 g/mol. The predicted molar refractivity (Wildman–Crippen MR) is 69.7 cm³/mol. The van der Waals surface area contributed by atoms with Gasteiger partial charge in [-0.1, -0.05) is 0 Å². The van der Waals surface area contributed by atoms with Gasteiger partial charge in [-0.2, -0.15) is 0 Å². The van der Waals surface area contributed by atoms with Gasteiger partial charge in [0.25, 0.3) is 0 Å². The topological polar surface area (TPSA) is 52.7 Å². The molecule has 0 radical (unpaired) electrons. The summed E-state index contributed by atoms with van der Waals surface area (Å²) in [7, 11) is 0. The van der Waals surface area contributed by atoms with Gasteiger partial charge in [-0.05, 0) is 32.4 Å². The predicted octanol–water partition coefficient (Wildman–Crippen LogP) is 1.02. The van der Waals surface area contributed by atoms with E-state index in [0.29, 0.717) is 6.04 Å². The lowest BCUT2D eigenvalue weighted by molar-refractivity contribution is -0.119. The third-order valence-electron chi connectivity index (χ3n) is 3.68. The van der Waals surface area contributed by atoms with E-state index in [4.69, 9.17) is 11.6 Å². The summed E-state index contributed by atoms with van der Waals surface area (Å²) in [5, 5.41) is 2.38. The minimum absolute atomic E-state index is 0.191. The largest absolute Gasteiger partial charge is 0.324 e. The van der Waals surface area contributed by atoms with Crippen molar-refractivity contribution in [2.45, 2.75) is 31.7 Å². The molecule has 18 heavy (non-hydrogen) atoms. The van der Waals surface area contributed by atoms with Crippen LogP contribution in [-0.4, -0.2) is 59.8 Å². The van der Waals surface area contributed by atoms with Crippen LogP contribution in [-0.2, 0) is 4.79 Å². The first-order valence-electron chi connectivity index (χ1n) is 6.59. The van der Waals surface area contributed by atoms with Crippen molar-refractivity contribution in [3.8, 4) is 0 Å². The van der Waals surface area contributed by atoms with Gasteiger partial charge in [0, 0.05) is 31.4 Å². The number of halogens is 1. The molecular formula is C12H20ClN3O2. The molecule has 0 bridgehead atoms. The van der Waals surface area contributed by atoms with Crippen LogP contribution >= 0.6 is 11.6 Å². The number of imide groups is 1. The molecule has 0 saturated carbocycles. The van der Waals surface area contributed by atoms with Crippen LogP contribution in [0.5, 0.6) is 0 Å². The summed E-state index contributed by atoms with van der Waals surface area (Å²) < 4.78 is 0. The zero-order chi connectivity index (χ0) is 13.0. The van der Waals surface area contributed by atoms with Crippen LogP contribution in [0.3, 0.4) is 0 Å². The quantitative estimate of drug-likeness (QED) is 0.781. The zero-order valence-electron chi connectivity index (χ0n) is 10.5. The Hall–Kier alpha value is -0.810. The second-order valence-corrected chi connectivity index (χ2v) is 5.30. The van der Waals surface area contributed by atoms with Gasteiger partial charge >= 0.3 is 6.03 Å². The van der Waals surface area contributed by atoms with Crippen molar-refractivity contribution in [3.05, 3.63) is 0 Å². The fraction of sp³-hybridized carbons (Fsp3) is 0.833. The van der Waals surface area contributed by atoms with Crippen LogP contribution in [0.1, 0.15) is 25.7 Å². The van der Waals surface area contributed by atoms with Crippen molar-refractivity contribution in [3.63, 3.8) is 0 Å². The van der Waals surface area contributed by atoms with Crippen LogP contribution < -0.4 is 5.32 Å². The first kappa shape index (κ1) is 13.6. The molecule has 1 atom stereocenters. The van der Waals surface area contributed by atoms with E-state index in [1.807, 2.05) is 0 Å². The van der Waals surface area contributed by atoms with E-state index in [1.54, 1.807) is 4.90 Å². The van der Waals surface area contributed by atoms with Crippen molar-refractivity contribution in [1.29, 1.82) is 0 Å². The first-order chi connectivity index (χ1) is 8.70.